The van der Waals surface area contributed by atoms with Gasteiger partial charge in [-0.05, 0) is 18.2 Å². The number of carbonyl (C=O) groups excluding carboxylic acids is 1. The maximum Gasteiger partial charge on any atom is 0.270 e. The van der Waals surface area contributed by atoms with Crippen molar-refractivity contribution in [3.05, 3.63) is 70.2 Å². The summed E-state index contributed by atoms with van der Waals surface area (Å²) in [6, 6.07) is 9.98. The number of hydrogen-bond donors (Lipinski definition) is 1. The van der Waals surface area contributed by atoms with Crippen LogP contribution < -0.4 is 4.57 Å². The van der Waals surface area contributed by atoms with E-state index in [0.29, 0.717) is 5.56 Å². The zero-order chi connectivity index (χ0) is 15.7. The Morgan fingerprint density at radius 1 is 1.36 bits per heavy atom. The summed E-state index contributed by atoms with van der Waals surface area (Å²) in [5.74, 6) is -0.00254. The lowest BCUT2D eigenvalue weighted by Crippen LogP contribution is -2.28. The molecule has 0 spiro atoms. The number of H-pyrrole nitrogens is 1. The summed E-state index contributed by atoms with van der Waals surface area (Å²) < 4.78 is 1.82. The van der Waals surface area contributed by atoms with Crippen LogP contribution in [-0.4, -0.2) is 15.7 Å². The molecule has 0 aliphatic heterocycles. The molecule has 3 aromatic rings. The number of rotatable bonds is 4. The number of ketones is 1. The molecule has 112 valence electrons. The van der Waals surface area contributed by atoms with Gasteiger partial charge in [-0.3, -0.25) is 14.9 Å². The van der Waals surface area contributed by atoms with Gasteiger partial charge in [0, 0.05) is 34.8 Å². The van der Waals surface area contributed by atoms with Crippen molar-refractivity contribution in [3.8, 4) is 0 Å². The number of nitrogens with zero attached hydrogens (tertiary/aromatic N) is 2. The molecule has 0 fully saturated rings. The molecule has 6 heteroatoms. The molecular formula is C16H15N3O3. The maximum atomic E-state index is 12.3. The number of aromatic amines is 1. The number of aryl methyl sites for hydroxylation is 1. The molecule has 1 aromatic carbocycles. The fourth-order valence-electron chi connectivity index (χ4n) is 2.42. The first-order valence-electron chi connectivity index (χ1n) is 6.77. The van der Waals surface area contributed by atoms with Crippen molar-refractivity contribution < 1.29 is 15.7 Å². The second kappa shape index (κ2) is 5.40. The SMILES string of the molecule is C[n+]1cccc(C(=O)Cc2cc3cc([N+](=O)[O-])ccc3[nH]2)c1.[3H-]. The van der Waals surface area contributed by atoms with Crippen LogP contribution in [0.1, 0.15) is 17.5 Å². The normalized spacial score (nSPS) is 10.8. The zero-order valence-electron chi connectivity index (χ0n) is 12.9. The molecule has 0 aliphatic carbocycles. The first-order chi connectivity index (χ1) is 10.5. The van der Waals surface area contributed by atoms with Gasteiger partial charge < -0.3 is 6.41 Å². The van der Waals surface area contributed by atoms with E-state index in [1.807, 2.05) is 23.9 Å². The molecular weight excluding hydrogens is 282 g/mol. The molecule has 0 saturated heterocycles. The van der Waals surface area contributed by atoms with Crippen molar-refractivity contribution in [1.29, 1.82) is 0 Å². The van der Waals surface area contributed by atoms with Gasteiger partial charge in [0.1, 0.15) is 7.05 Å². The second-order valence-corrected chi connectivity index (χ2v) is 5.18. The fourth-order valence-corrected chi connectivity index (χ4v) is 2.42. The first kappa shape index (κ1) is 13.9. The van der Waals surface area contributed by atoms with E-state index in [1.165, 1.54) is 12.1 Å². The van der Waals surface area contributed by atoms with Gasteiger partial charge in [-0.1, -0.05) is 0 Å². The molecule has 3 rings (SSSR count). The number of non-ortho nitro benzene ring substituents is 1. The molecule has 1 N–H and O–H groups in total. The standard InChI is InChI=1S/C16H14N3O3.H/c1-18-6-2-3-11(10-18)16(20)9-13-7-12-8-14(19(21)22)4-5-15(12)17-13;/h2-8,10,17H,9H2,1H3;/q+1;-1/i;1+2. The van der Waals surface area contributed by atoms with Crippen LogP contribution in [-0.2, 0) is 13.5 Å². The highest BCUT2D eigenvalue weighted by Gasteiger charge is 2.13. The summed E-state index contributed by atoms with van der Waals surface area (Å²) in [5.41, 5.74) is 2.20. The van der Waals surface area contributed by atoms with Crippen molar-refractivity contribution in [2.24, 2.45) is 7.05 Å². The van der Waals surface area contributed by atoms with Crippen LogP contribution in [0.3, 0.4) is 0 Å². The molecule has 0 amide bonds. The Morgan fingerprint density at radius 3 is 2.91 bits per heavy atom. The quantitative estimate of drug-likeness (QED) is 0.348. The number of nitrogens with one attached hydrogen (secondary N) is 1. The number of fused-ring (bicyclic) bond motifs is 1. The minimum Gasteiger partial charge on any atom is -1.00 e. The number of nitro groups is 1. The minimum absolute atomic E-state index is 0. The summed E-state index contributed by atoms with van der Waals surface area (Å²) in [5, 5.41) is 11.5. The monoisotopic (exact) mass is 299 g/mol. The minimum atomic E-state index is -0.429. The third-order valence-electron chi connectivity index (χ3n) is 3.48. The number of pyridine rings is 1. The molecule has 0 bridgehead atoms. The van der Waals surface area contributed by atoms with Crippen molar-refractivity contribution in [2.45, 2.75) is 6.42 Å². The highest BCUT2D eigenvalue weighted by molar-refractivity contribution is 5.97. The highest BCUT2D eigenvalue weighted by Crippen LogP contribution is 2.22. The summed E-state index contributed by atoms with van der Waals surface area (Å²) >= 11 is 0. The lowest BCUT2D eigenvalue weighted by atomic mass is 10.1. The highest BCUT2D eigenvalue weighted by atomic mass is 16.6. The van der Waals surface area contributed by atoms with Gasteiger partial charge in [0.05, 0.1) is 16.9 Å². The van der Waals surface area contributed by atoms with Crippen molar-refractivity contribution in [1.82, 2.24) is 4.98 Å². The van der Waals surface area contributed by atoms with Crippen LogP contribution >= 0.6 is 0 Å². The largest absolute Gasteiger partial charge is 1.00 e. The summed E-state index contributed by atoms with van der Waals surface area (Å²) in [6.07, 6.45) is 3.86. The molecule has 0 atom stereocenters. The Labute approximate surface area is 127 Å². The summed E-state index contributed by atoms with van der Waals surface area (Å²) in [7, 11) is 1.86. The lowest BCUT2D eigenvalue weighted by Gasteiger charge is -1.97. The number of hydrogen-bond acceptors (Lipinski definition) is 3. The van der Waals surface area contributed by atoms with Gasteiger partial charge in [-0.2, -0.15) is 0 Å². The topological polar surface area (TPSA) is 79.9 Å². The molecule has 22 heavy (non-hydrogen) atoms. The Balaban J connectivity index is 0.00000192. The number of benzene rings is 1. The molecule has 0 radical (unpaired) electrons. The Kier molecular flexibility index (Phi) is 3.42. The van der Waals surface area contributed by atoms with E-state index in [4.69, 9.17) is 0 Å². The summed E-state index contributed by atoms with van der Waals surface area (Å²) in [4.78, 5) is 25.8. The van der Waals surface area contributed by atoms with Crippen LogP contribution in [0.2, 0.25) is 0 Å². The number of nitro benzene ring substituents is 1. The fraction of sp³-hybridized carbons (Fsp3) is 0.125. The molecule has 6 nitrogen and oxygen atoms in total. The maximum absolute atomic E-state index is 12.3. The molecule has 0 saturated carbocycles. The smallest absolute Gasteiger partial charge is 0.270 e. The van der Waals surface area contributed by atoms with Gasteiger partial charge in [0.15, 0.2) is 18.2 Å². The van der Waals surface area contributed by atoms with Gasteiger partial charge in [0.25, 0.3) is 5.69 Å². The van der Waals surface area contributed by atoms with E-state index in [-0.39, 0.29) is 19.3 Å². The first-order valence-corrected chi connectivity index (χ1v) is 6.77. The Hall–Kier alpha value is -3.02. The zero-order valence-corrected chi connectivity index (χ0v) is 11.9. The third-order valence-corrected chi connectivity index (χ3v) is 3.48. The van der Waals surface area contributed by atoms with Crippen LogP contribution in [0, 0.1) is 10.1 Å². The average molecular weight is 299 g/mol. The van der Waals surface area contributed by atoms with E-state index < -0.39 is 4.92 Å². The number of carbonyl (C=O) groups is 1. The third kappa shape index (κ3) is 2.71. The number of aromatic nitrogens is 2. The van der Waals surface area contributed by atoms with E-state index in [0.717, 1.165) is 16.6 Å². The van der Waals surface area contributed by atoms with Crippen molar-refractivity contribution in [3.63, 3.8) is 0 Å². The van der Waals surface area contributed by atoms with Gasteiger partial charge in [0.2, 0.25) is 0 Å². The summed E-state index contributed by atoms with van der Waals surface area (Å²) in [6.45, 7) is 0. The molecule has 0 unspecified atom stereocenters. The molecule has 2 heterocycles. The Morgan fingerprint density at radius 2 is 2.18 bits per heavy atom. The van der Waals surface area contributed by atoms with E-state index in [1.54, 1.807) is 24.4 Å². The van der Waals surface area contributed by atoms with E-state index in [2.05, 4.69) is 4.98 Å². The molecule has 0 aliphatic rings. The van der Waals surface area contributed by atoms with Crippen molar-refractivity contribution >= 4 is 22.4 Å². The van der Waals surface area contributed by atoms with Crippen LogP contribution in [0.4, 0.5) is 5.69 Å². The lowest BCUT2D eigenvalue weighted by molar-refractivity contribution is -0.671. The predicted octanol–water partition coefficient (Wildman–Crippen LogP) is 2.44. The second-order valence-electron chi connectivity index (χ2n) is 5.18. The average Bonchev–Trinajstić information content (AvgIpc) is 2.88. The van der Waals surface area contributed by atoms with Gasteiger partial charge in [-0.15, -0.1) is 0 Å². The van der Waals surface area contributed by atoms with E-state index >= 15 is 0 Å². The van der Waals surface area contributed by atoms with Gasteiger partial charge in [-0.25, -0.2) is 4.57 Å². The van der Waals surface area contributed by atoms with Crippen LogP contribution in [0.15, 0.2) is 48.8 Å². The van der Waals surface area contributed by atoms with Crippen LogP contribution in [0.5, 0.6) is 0 Å². The van der Waals surface area contributed by atoms with Crippen LogP contribution in [0.25, 0.3) is 10.9 Å². The Bertz CT molecular complexity index is 889. The number of Topliss-reactive ketones (excluding diaryl/α,β-unsaturated/α-hetero) is 1. The van der Waals surface area contributed by atoms with Crippen molar-refractivity contribution in [2.75, 3.05) is 0 Å². The predicted molar refractivity (Wildman–Crippen MR) is 81.7 cm³/mol. The van der Waals surface area contributed by atoms with E-state index in [9.17, 15) is 14.9 Å². The van der Waals surface area contributed by atoms with Gasteiger partial charge >= 0.3 is 0 Å². The molecule has 2 aromatic heterocycles.